The number of benzene rings is 1. The van der Waals surface area contributed by atoms with Crippen molar-refractivity contribution in [3.63, 3.8) is 0 Å². The van der Waals surface area contributed by atoms with E-state index in [0.29, 0.717) is 11.5 Å². The lowest BCUT2D eigenvalue weighted by Gasteiger charge is -2.21. The minimum absolute atomic E-state index is 0.217. The molecule has 1 aromatic heterocycles. The minimum atomic E-state index is -0.534. The molecule has 1 aliphatic heterocycles. The third-order valence-corrected chi connectivity index (χ3v) is 4.25. The van der Waals surface area contributed by atoms with Crippen LogP contribution in [-0.2, 0) is 4.74 Å². The standard InChI is InChI=1S/C19H24N2O3/c1-19(2,3)24-18(23)15-6-8-20-17-5-4-14(10-16(15)17)21-9-7-13(11-21)12-22/h4-6,8,10,13,22H,7,9,11-12H2,1-3H3. The van der Waals surface area contributed by atoms with Crippen LogP contribution in [-0.4, -0.2) is 41.4 Å². The lowest BCUT2D eigenvalue weighted by molar-refractivity contribution is 0.00718. The van der Waals surface area contributed by atoms with Crippen molar-refractivity contribution in [2.24, 2.45) is 5.92 Å². The van der Waals surface area contributed by atoms with E-state index in [1.54, 1.807) is 12.3 Å². The number of anilines is 1. The maximum Gasteiger partial charge on any atom is 0.339 e. The molecule has 0 bridgehead atoms. The fraction of sp³-hybridized carbons (Fsp3) is 0.474. The van der Waals surface area contributed by atoms with Gasteiger partial charge in [0.15, 0.2) is 0 Å². The first-order chi connectivity index (χ1) is 11.4. The van der Waals surface area contributed by atoms with E-state index in [1.165, 1.54) is 0 Å². The number of hydrogen-bond acceptors (Lipinski definition) is 5. The lowest BCUT2D eigenvalue weighted by Crippen LogP contribution is -2.24. The van der Waals surface area contributed by atoms with Crippen molar-refractivity contribution in [2.75, 3.05) is 24.6 Å². The molecule has 3 rings (SSSR count). The molecule has 1 saturated heterocycles. The van der Waals surface area contributed by atoms with E-state index in [1.807, 2.05) is 39.0 Å². The quantitative estimate of drug-likeness (QED) is 0.878. The maximum atomic E-state index is 12.5. The maximum absolute atomic E-state index is 12.5. The Kier molecular flexibility index (Phi) is 4.45. The van der Waals surface area contributed by atoms with E-state index >= 15 is 0 Å². The zero-order valence-electron chi connectivity index (χ0n) is 14.5. The van der Waals surface area contributed by atoms with Gasteiger partial charge >= 0.3 is 5.97 Å². The van der Waals surface area contributed by atoms with Gasteiger partial charge in [-0.25, -0.2) is 4.79 Å². The molecule has 2 aromatic rings. The number of aliphatic hydroxyl groups excluding tert-OH is 1. The molecule has 5 heteroatoms. The summed E-state index contributed by atoms with van der Waals surface area (Å²) in [5.41, 5.74) is 1.83. The summed E-state index contributed by atoms with van der Waals surface area (Å²) in [4.78, 5) is 19.1. The smallest absolute Gasteiger partial charge is 0.339 e. The molecule has 1 aromatic carbocycles. The van der Waals surface area contributed by atoms with Gasteiger partial charge in [-0.05, 0) is 51.5 Å². The molecule has 1 aliphatic rings. The van der Waals surface area contributed by atoms with Gasteiger partial charge in [0.1, 0.15) is 5.60 Å². The monoisotopic (exact) mass is 328 g/mol. The number of esters is 1. The molecule has 5 nitrogen and oxygen atoms in total. The highest BCUT2D eigenvalue weighted by Gasteiger charge is 2.23. The molecule has 0 radical (unpaired) electrons. The van der Waals surface area contributed by atoms with Gasteiger partial charge in [0.05, 0.1) is 11.1 Å². The number of fused-ring (bicyclic) bond motifs is 1. The Balaban J connectivity index is 1.96. The van der Waals surface area contributed by atoms with Crippen LogP contribution in [0.5, 0.6) is 0 Å². The van der Waals surface area contributed by atoms with Crippen LogP contribution in [0.25, 0.3) is 10.9 Å². The van der Waals surface area contributed by atoms with Gasteiger partial charge < -0.3 is 14.7 Å². The van der Waals surface area contributed by atoms with E-state index in [0.717, 1.165) is 36.1 Å². The number of carbonyl (C=O) groups excluding carboxylic acids is 1. The molecule has 128 valence electrons. The van der Waals surface area contributed by atoms with Crippen LogP contribution in [0.15, 0.2) is 30.5 Å². The van der Waals surface area contributed by atoms with Gasteiger partial charge in [0.25, 0.3) is 0 Å². The van der Waals surface area contributed by atoms with Gasteiger partial charge in [-0.3, -0.25) is 4.98 Å². The summed E-state index contributed by atoms with van der Waals surface area (Å²) in [6.45, 7) is 7.55. The summed E-state index contributed by atoms with van der Waals surface area (Å²) >= 11 is 0. The normalized spacial score (nSPS) is 18.2. The summed E-state index contributed by atoms with van der Waals surface area (Å²) in [7, 11) is 0. The van der Waals surface area contributed by atoms with Crippen LogP contribution in [0.3, 0.4) is 0 Å². The van der Waals surface area contributed by atoms with Crippen molar-refractivity contribution in [1.29, 1.82) is 0 Å². The Morgan fingerprint density at radius 2 is 2.17 bits per heavy atom. The fourth-order valence-electron chi connectivity index (χ4n) is 3.06. The third-order valence-electron chi connectivity index (χ3n) is 4.25. The molecule has 0 amide bonds. The second-order valence-corrected chi connectivity index (χ2v) is 7.35. The number of nitrogens with zero attached hydrogens (tertiary/aromatic N) is 2. The SMILES string of the molecule is CC(C)(C)OC(=O)c1ccnc2ccc(N3CCC(CO)C3)cc12. The predicted octanol–water partition coefficient (Wildman–Crippen LogP) is 3.01. The van der Waals surface area contributed by atoms with Crippen molar-refractivity contribution < 1.29 is 14.6 Å². The van der Waals surface area contributed by atoms with Crippen LogP contribution in [0.2, 0.25) is 0 Å². The highest BCUT2D eigenvalue weighted by atomic mass is 16.6. The van der Waals surface area contributed by atoms with Crippen LogP contribution >= 0.6 is 0 Å². The van der Waals surface area contributed by atoms with Crippen LogP contribution in [0, 0.1) is 5.92 Å². The highest BCUT2D eigenvalue weighted by molar-refractivity contribution is 6.04. The molecule has 1 unspecified atom stereocenters. The Morgan fingerprint density at radius 1 is 1.38 bits per heavy atom. The van der Waals surface area contributed by atoms with E-state index in [-0.39, 0.29) is 12.6 Å². The van der Waals surface area contributed by atoms with Crippen molar-refractivity contribution in [3.05, 3.63) is 36.0 Å². The van der Waals surface area contributed by atoms with Gasteiger partial charge in [-0.15, -0.1) is 0 Å². The van der Waals surface area contributed by atoms with Crippen molar-refractivity contribution in [1.82, 2.24) is 4.98 Å². The van der Waals surface area contributed by atoms with Crippen molar-refractivity contribution in [3.8, 4) is 0 Å². The Morgan fingerprint density at radius 3 is 2.83 bits per heavy atom. The summed E-state index contributed by atoms with van der Waals surface area (Å²) < 4.78 is 5.52. The summed E-state index contributed by atoms with van der Waals surface area (Å²) in [5.74, 6) is -0.0124. The number of carbonyl (C=O) groups is 1. The van der Waals surface area contributed by atoms with Crippen LogP contribution in [0.4, 0.5) is 5.69 Å². The second kappa shape index (κ2) is 6.40. The molecule has 0 spiro atoms. The first-order valence-electron chi connectivity index (χ1n) is 8.35. The Bertz CT molecular complexity index is 752. The number of hydrogen-bond donors (Lipinski definition) is 1. The molecule has 0 aliphatic carbocycles. The zero-order chi connectivity index (χ0) is 17.3. The van der Waals surface area contributed by atoms with E-state index in [9.17, 15) is 9.90 Å². The zero-order valence-corrected chi connectivity index (χ0v) is 14.5. The average Bonchev–Trinajstić information content (AvgIpc) is 3.01. The number of rotatable bonds is 3. The summed E-state index contributed by atoms with van der Waals surface area (Å²) in [6, 6.07) is 7.67. The number of aromatic nitrogens is 1. The topological polar surface area (TPSA) is 62.7 Å². The molecule has 24 heavy (non-hydrogen) atoms. The molecule has 1 N–H and O–H groups in total. The number of ether oxygens (including phenoxy) is 1. The Labute approximate surface area is 142 Å². The van der Waals surface area contributed by atoms with E-state index < -0.39 is 5.60 Å². The molecular weight excluding hydrogens is 304 g/mol. The third kappa shape index (κ3) is 3.51. The molecule has 0 saturated carbocycles. The highest BCUT2D eigenvalue weighted by Crippen LogP contribution is 2.28. The number of aliphatic hydroxyl groups is 1. The Hall–Kier alpha value is -2.14. The fourth-order valence-corrected chi connectivity index (χ4v) is 3.06. The summed E-state index contributed by atoms with van der Waals surface area (Å²) in [5, 5.41) is 10.1. The average molecular weight is 328 g/mol. The van der Waals surface area contributed by atoms with Gasteiger partial charge in [-0.1, -0.05) is 0 Å². The predicted molar refractivity (Wildman–Crippen MR) is 94.3 cm³/mol. The van der Waals surface area contributed by atoms with Crippen molar-refractivity contribution in [2.45, 2.75) is 32.8 Å². The first kappa shape index (κ1) is 16.7. The molecule has 2 heterocycles. The lowest BCUT2D eigenvalue weighted by atomic mass is 10.1. The molecule has 1 atom stereocenters. The van der Waals surface area contributed by atoms with E-state index in [4.69, 9.17) is 4.74 Å². The van der Waals surface area contributed by atoms with E-state index in [2.05, 4.69) is 9.88 Å². The molecule has 1 fully saturated rings. The van der Waals surface area contributed by atoms with Crippen molar-refractivity contribution >= 4 is 22.6 Å². The minimum Gasteiger partial charge on any atom is -0.456 e. The van der Waals surface area contributed by atoms with Crippen LogP contribution < -0.4 is 4.90 Å². The number of pyridine rings is 1. The van der Waals surface area contributed by atoms with Crippen LogP contribution in [0.1, 0.15) is 37.6 Å². The van der Waals surface area contributed by atoms with Gasteiger partial charge in [0.2, 0.25) is 0 Å². The first-order valence-corrected chi connectivity index (χ1v) is 8.35. The summed E-state index contributed by atoms with van der Waals surface area (Å²) in [6.07, 6.45) is 2.62. The van der Waals surface area contributed by atoms with Gasteiger partial charge in [0, 0.05) is 42.9 Å². The second-order valence-electron chi connectivity index (χ2n) is 7.35. The largest absolute Gasteiger partial charge is 0.456 e. The van der Waals surface area contributed by atoms with Gasteiger partial charge in [-0.2, -0.15) is 0 Å². The molecular formula is C19H24N2O3.